The predicted molar refractivity (Wildman–Crippen MR) is 94.8 cm³/mol. The molecule has 0 atom stereocenters. The second kappa shape index (κ2) is 6.71. The molecule has 0 spiro atoms. The fourth-order valence-electron chi connectivity index (χ4n) is 2.65. The zero-order valence-corrected chi connectivity index (χ0v) is 14.7. The van der Waals surface area contributed by atoms with Crippen LogP contribution < -0.4 is 4.72 Å². The molecule has 0 aliphatic rings. The first kappa shape index (κ1) is 19.5. The summed E-state index contributed by atoms with van der Waals surface area (Å²) in [5, 5.41) is 19.4. The maximum atomic E-state index is 12.8. The standard InChI is InChI=1S/C18H12F3NO5S/c19-18(20,21)10-5-7-11(8-6-10)22-28(26,27)15-9-14(17(24)25)16(23)13-4-2-1-3-12(13)15/h1-9,22-23H,(H,24,25). The summed E-state index contributed by atoms with van der Waals surface area (Å²) in [6.07, 6.45) is -4.57. The molecule has 0 aliphatic heterocycles. The molecule has 0 heterocycles. The Kier molecular flexibility index (Phi) is 4.67. The van der Waals surface area contributed by atoms with Gasteiger partial charge in [0.25, 0.3) is 10.0 Å². The van der Waals surface area contributed by atoms with Crippen LogP contribution in [0.4, 0.5) is 18.9 Å². The third-order valence-electron chi connectivity index (χ3n) is 3.96. The molecule has 0 amide bonds. The van der Waals surface area contributed by atoms with Crippen LogP contribution >= 0.6 is 0 Å². The lowest BCUT2D eigenvalue weighted by Gasteiger charge is -2.14. The van der Waals surface area contributed by atoms with E-state index in [1.807, 2.05) is 0 Å². The first-order chi connectivity index (χ1) is 13.0. The highest BCUT2D eigenvalue weighted by Crippen LogP contribution is 2.35. The number of carboxylic acid groups (broad SMARTS) is 1. The summed E-state index contributed by atoms with van der Waals surface area (Å²) in [6, 6.07) is 9.85. The summed E-state index contributed by atoms with van der Waals surface area (Å²) < 4.78 is 65.6. The monoisotopic (exact) mass is 411 g/mol. The van der Waals surface area contributed by atoms with Gasteiger partial charge in [0.15, 0.2) is 0 Å². The third-order valence-corrected chi connectivity index (χ3v) is 5.38. The summed E-state index contributed by atoms with van der Waals surface area (Å²) in [5.41, 5.74) is -1.70. The lowest BCUT2D eigenvalue weighted by Crippen LogP contribution is -2.15. The first-order valence-corrected chi connectivity index (χ1v) is 9.17. The van der Waals surface area contributed by atoms with Crippen LogP contribution in [-0.4, -0.2) is 24.6 Å². The number of nitrogens with one attached hydrogen (secondary N) is 1. The molecule has 0 radical (unpaired) electrons. The molecule has 0 bridgehead atoms. The molecule has 3 aromatic carbocycles. The molecule has 3 N–H and O–H groups in total. The Morgan fingerprint density at radius 2 is 1.54 bits per heavy atom. The number of carboxylic acids is 1. The van der Waals surface area contributed by atoms with Gasteiger partial charge in [0.1, 0.15) is 11.3 Å². The Balaban J connectivity index is 2.10. The minimum atomic E-state index is -4.57. The Hall–Kier alpha value is -3.27. The summed E-state index contributed by atoms with van der Waals surface area (Å²) in [7, 11) is -4.37. The highest BCUT2D eigenvalue weighted by atomic mass is 32.2. The second-order valence-electron chi connectivity index (χ2n) is 5.80. The summed E-state index contributed by atoms with van der Waals surface area (Å²) in [6.45, 7) is 0. The molecule has 0 aliphatic carbocycles. The van der Waals surface area contributed by atoms with E-state index in [2.05, 4.69) is 4.72 Å². The van der Waals surface area contributed by atoms with Gasteiger partial charge in [0, 0.05) is 16.5 Å². The quantitative estimate of drug-likeness (QED) is 0.601. The van der Waals surface area contributed by atoms with Gasteiger partial charge in [-0.15, -0.1) is 0 Å². The SMILES string of the molecule is O=C(O)c1cc(S(=O)(=O)Nc2ccc(C(F)(F)F)cc2)c2ccccc2c1O. The summed E-state index contributed by atoms with van der Waals surface area (Å²) >= 11 is 0. The maximum absolute atomic E-state index is 12.8. The zero-order valence-electron chi connectivity index (χ0n) is 13.9. The van der Waals surface area contributed by atoms with Crippen LogP contribution in [0.1, 0.15) is 15.9 Å². The Morgan fingerprint density at radius 1 is 0.964 bits per heavy atom. The van der Waals surface area contributed by atoms with E-state index in [0.29, 0.717) is 0 Å². The van der Waals surface area contributed by atoms with Crippen molar-refractivity contribution in [3.8, 4) is 5.75 Å². The number of hydrogen-bond donors (Lipinski definition) is 3. The Morgan fingerprint density at radius 3 is 2.07 bits per heavy atom. The van der Waals surface area contributed by atoms with Gasteiger partial charge in [0.2, 0.25) is 0 Å². The Labute approximate surface area is 156 Å². The van der Waals surface area contributed by atoms with E-state index in [0.717, 1.165) is 30.3 Å². The van der Waals surface area contributed by atoms with E-state index < -0.39 is 43.9 Å². The van der Waals surface area contributed by atoms with Crippen LogP contribution in [0.3, 0.4) is 0 Å². The molecule has 0 fully saturated rings. The van der Waals surface area contributed by atoms with E-state index in [1.54, 1.807) is 0 Å². The molecule has 0 saturated carbocycles. The van der Waals surface area contributed by atoms with E-state index in [1.165, 1.54) is 24.3 Å². The molecule has 146 valence electrons. The highest BCUT2D eigenvalue weighted by Gasteiger charge is 2.30. The largest absolute Gasteiger partial charge is 0.506 e. The number of aromatic hydroxyl groups is 1. The van der Waals surface area contributed by atoms with Crippen molar-refractivity contribution in [3.63, 3.8) is 0 Å². The van der Waals surface area contributed by atoms with Gasteiger partial charge in [-0.05, 0) is 30.3 Å². The van der Waals surface area contributed by atoms with Crippen molar-refractivity contribution in [2.75, 3.05) is 4.72 Å². The van der Waals surface area contributed by atoms with E-state index in [4.69, 9.17) is 0 Å². The van der Waals surface area contributed by atoms with Crippen molar-refractivity contribution in [2.45, 2.75) is 11.1 Å². The molecule has 0 aromatic heterocycles. The van der Waals surface area contributed by atoms with Crippen LogP contribution in [0, 0.1) is 0 Å². The maximum Gasteiger partial charge on any atom is 0.416 e. The van der Waals surface area contributed by atoms with Crippen LogP contribution in [0.5, 0.6) is 5.75 Å². The van der Waals surface area contributed by atoms with Crippen molar-refractivity contribution in [3.05, 3.63) is 65.7 Å². The first-order valence-electron chi connectivity index (χ1n) is 7.69. The molecule has 0 saturated heterocycles. The smallest absolute Gasteiger partial charge is 0.416 e. The van der Waals surface area contributed by atoms with E-state index in [-0.39, 0.29) is 16.5 Å². The molecule has 3 rings (SSSR count). The normalized spacial score (nSPS) is 12.1. The van der Waals surface area contributed by atoms with Gasteiger partial charge in [-0.1, -0.05) is 24.3 Å². The number of alkyl halides is 3. The number of benzene rings is 3. The van der Waals surface area contributed by atoms with E-state index >= 15 is 0 Å². The third kappa shape index (κ3) is 3.58. The topological polar surface area (TPSA) is 104 Å². The van der Waals surface area contributed by atoms with Gasteiger partial charge in [-0.2, -0.15) is 13.2 Å². The zero-order chi connectivity index (χ0) is 20.7. The van der Waals surface area contributed by atoms with Gasteiger partial charge in [-0.3, -0.25) is 4.72 Å². The predicted octanol–water partition coefficient (Wildman–Crippen LogP) is 4.06. The van der Waals surface area contributed by atoms with Crippen molar-refractivity contribution in [1.29, 1.82) is 0 Å². The lowest BCUT2D eigenvalue weighted by atomic mass is 10.1. The number of aromatic carboxylic acids is 1. The molecular formula is C18H12F3NO5S. The molecule has 3 aromatic rings. The lowest BCUT2D eigenvalue weighted by molar-refractivity contribution is -0.137. The Bertz CT molecular complexity index is 1170. The van der Waals surface area contributed by atoms with Crippen molar-refractivity contribution < 1.29 is 36.6 Å². The minimum absolute atomic E-state index is 0.00944. The fraction of sp³-hybridized carbons (Fsp3) is 0.0556. The molecule has 0 unspecified atom stereocenters. The number of carbonyl (C=O) groups is 1. The number of sulfonamides is 1. The summed E-state index contributed by atoms with van der Waals surface area (Å²) in [5.74, 6) is -2.12. The number of fused-ring (bicyclic) bond motifs is 1. The highest BCUT2D eigenvalue weighted by molar-refractivity contribution is 7.93. The van der Waals surface area contributed by atoms with Gasteiger partial charge in [-0.25, -0.2) is 13.2 Å². The van der Waals surface area contributed by atoms with Crippen molar-refractivity contribution >= 4 is 32.5 Å². The number of hydrogen-bond acceptors (Lipinski definition) is 4. The number of halogens is 3. The van der Waals surface area contributed by atoms with E-state index in [9.17, 15) is 36.6 Å². The van der Waals surface area contributed by atoms with Crippen LogP contribution in [0.25, 0.3) is 10.8 Å². The minimum Gasteiger partial charge on any atom is -0.506 e. The van der Waals surface area contributed by atoms with Crippen molar-refractivity contribution in [2.24, 2.45) is 0 Å². The van der Waals surface area contributed by atoms with Crippen LogP contribution in [0.2, 0.25) is 0 Å². The average molecular weight is 411 g/mol. The second-order valence-corrected chi connectivity index (χ2v) is 7.45. The summed E-state index contributed by atoms with van der Waals surface area (Å²) in [4.78, 5) is 10.9. The van der Waals surface area contributed by atoms with Crippen molar-refractivity contribution in [1.82, 2.24) is 0 Å². The molecule has 10 heteroatoms. The molecular weight excluding hydrogens is 399 g/mol. The average Bonchev–Trinajstić information content (AvgIpc) is 2.61. The number of rotatable bonds is 4. The van der Waals surface area contributed by atoms with Gasteiger partial charge >= 0.3 is 12.1 Å². The van der Waals surface area contributed by atoms with Crippen LogP contribution in [0.15, 0.2) is 59.5 Å². The number of phenols is 1. The van der Waals surface area contributed by atoms with Crippen LogP contribution in [-0.2, 0) is 16.2 Å². The molecule has 6 nitrogen and oxygen atoms in total. The van der Waals surface area contributed by atoms with Gasteiger partial charge < -0.3 is 10.2 Å². The fourth-order valence-corrected chi connectivity index (χ4v) is 3.95. The van der Waals surface area contributed by atoms with Gasteiger partial charge in [0.05, 0.1) is 10.5 Å². The molecule has 28 heavy (non-hydrogen) atoms. The number of anilines is 1.